The SMILES string of the molecule is Cc1onc(-c2ccccc2)c1-c1nnc(CSc2ccc(S(=O)(=O)N3CCCC3)cn2)o1. The molecule has 0 aliphatic carbocycles. The molecule has 4 heterocycles. The molecule has 0 bridgehead atoms. The molecule has 1 aliphatic heterocycles. The van der Waals surface area contributed by atoms with Crippen molar-refractivity contribution in [2.75, 3.05) is 13.1 Å². The van der Waals surface area contributed by atoms with E-state index in [-0.39, 0.29) is 4.90 Å². The molecule has 0 spiro atoms. The summed E-state index contributed by atoms with van der Waals surface area (Å²) in [6, 6.07) is 12.9. The van der Waals surface area contributed by atoms with Crippen LogP contribution < -0.4 is 0 Å². The average molecular weight is 484 g/mol. The van der Waals surface area contributed by atoms with Gasteiger partial charge in [-0.15, -0.1) is 10.2 Å². The zero-order valence-corrected chi connectivity index (χ0v) is 19.5. The highest BCUT2D eigenvalue weighted by atomic mass is 32.2. The van der Waals surface area contributed by atoms with Gasteiger partial charge in [0.2, 0.25) is 15.9 Å². The van der Waals surface area contributed by atoms with Crippen molar-refractivity contribution in [1.29, 1.82) is 0 Å². The van der Waals surface area contributed by atoms with E-state index in [0.29, 0.717) is 52.7 Å². The lowest BCUT2D eigenvalue weighted by atomic mass is 10.1. The highest BCUT2D eigenvalue weighted by Gasteiger charge is 2.27. The van der Waals surface area contributed by atoms with Crippen LogP contribution in [0.25, 0.3) is 22.7 Å². The zero-order chi connectivity index (χ0) is 22.8. The van der Waals surface area contributed by atoms with E-state index in [9.17, 15) is 8.42 Å². The molecular formula is C22H21N5O4S2. The van der Waals surface area contributed by atoms with Crippen LogP contribution in [0.4, 0.5) is 0 Å². The molecule has 1 aliphatic rings. The van der Waals surface area contributed by atoms with E-state index in [1.165, 1.54) is 22.3 Å². The van der Waals surface area contributed by atoms with Crippen LogP contribution in [0, 0.1) is 6.92 Å². The number of thioether (sulfide) groups is 1. The van der Waals surface area contributed by atoms with Gasteiger partial charge in [0.1, 0.15) is 21.9 Å². The molecule has 0 radical (unpaired) electrons. The lowest BCUT2D eigenvalue weighted by Gasteiger charge is -2.15. The first-order valence-corrected chi connectivity index (χ1v) is 12.9. The summed E-state index contributed by atoms with van der Waals surface area (Å²) in [5.41, 5.74) is 2.21. The largest absolute Gasteiger partial charge is 0.420 e. The average Bonchev–Trinajstić information content (AvgIpc) is 3.60. The molecule has 4 aromatic rings. The Morgan fingerprint density at radius 3 is 2.58 bits per heavy atom. The van der Waals surface area contributed by atoms with Crippen molar-refractivity contribution in [2.45, 2.75) is 35.4 Å². The first kappa shape index (κ1) is 21.8. The second kappa shape index (κ2) is 9.08. The van der Waals surface area contributed by atoms with Crippen molar-refractivity contribution in [3.05, 3.63) is 60.3 Å². The van der Waals surface area contributed by atoms with Crippen LogP contribution in [0.5, 0.6) is 0 Å². The van der Waals surface area contributed by atoms with Gasteiger partial charge in [-0.3, -0.25) is 0 Å². The Morgan fingerprint density at radius 2 is 1.85 bits per heavy atom. The number of rotatable bonds is 7. The molecule has 1 aromatic carbocycles. The number of hydrogen-bond donors (Lipinski definition) is 0. The lowest BCUT2D eigenvalue weighted by molar-refractivity contribution is 0.399. The molecular weight excluding hydrogens is 462 g/mol. The van der Waals surface area contributed by atoms with Crippen molar-refractivity contribution in [3.63, 3.8) is 0 Å². The molecule has 33 heavy (non-hydrogen) atoms. The van der Waals surface area contributed by atoms with Crippen LogP contribution in [0.3, 0.4) is 0 Å². The van der Waals surface area contributed by atoms with Crippen LogP contribution in [0.15, 0.2) is 67.5 Å². The van der Waals surface area contributed by atoms with E-state index >= 15 is 0 Å². The van der Waals surface area contributed by atoms with Gasteiger partial charge in [0, 0.05) is 24.8 Å². The summed E-state index contributed by atoms with van der Waals surface area (Å²) in [6.07, 6.45) is 3.20. The summed E-state index contributed by atoms with van der Waals surface area (Å²) in [6.45, 7) is 2.93. The minimum absolute atomic E-state index is 0.213. The van der Waals surface area contributed by atoms with E-state index < -0.39 is 10.0 Å². The summed E-state index contributed by atoms with van der Waals surface area (Å²) in [5, 5.41) is 13.1. The summed E-state index contributed by atoms with van der Waals surface area (Å²) < 4.78 is 38.0. The van der Waals surface area contributed by atoms with Gasteiger partial charge in [0.15, 0.2) is 0 Å². The quantitative estimate of drug-likeness (QED) is 0.357. The standard InChI is InChI=1S/C22H21N5O4S2/c1-15-20(21(26-31-15)16-7-3-2-4-8-16)22-25-24-18(30-22)14-32-19-10-9-17(13-23-19)33(28,29)27-11-5-6-12-27/h2-4,7-10,13H,5-6,11-12,14H2,1H3. The number of aryl methyl sites for hydroxylation is 1. The van der Waals surface area contributed by atoms with Crippen molar-refractivity contribution in [3.8, 4) is 22.7 Å². The molecule has 0 atom stereocenters. The maximum absolute atomic E-state index is 12.6. The predicted molar refractivity (Wildman–Crippen MR) is 122 cm³/mol. The minimum Gasteiger partial charge on any atom is -0.420 e. The number of aromatic nitrogens is 4. The van der Waals surface area contributed by atoms with E-state index in [0.717, 1.165) is 18.4 Å². The van der Waals surface area contributed by atoms with E-state index in [1.54, 1.807) is 19.1 Å². The number of sulfonamides is 1. The van der Waals surface area contributed by atoms with E-state index in [4.69, 9.17) is 8.94 Å². The van der Waals surface area contributed by atoms with Crippen LogP contribution in [-0.2, 0) is 15.8 Å². The van der Waals surface area contributed by atoms with Gasteiger partial charge in [-0.1, -0.05) is 47.3 Å². The van der Waals surface area contributed by atoms with Crippen molar-refractivity contribution in [2.24, 2.45) is 0 Å². The Kier molecular flexibility index (Phi) is 6.00. The smallest absolute Gasteiger partial charge is 0.253 e. The molecule has 5 rings (SSSR count). The van der Waals surface area contributed by atoms with Crippen LogP contribution in [0.1, 0.15) is 24.5 Å². The number of hydrogen-bond acceptors (Lipinski definition) is 9. The van der Waals surface area contributed by atoms with Gasteiger partial charge in [0.05, 0.1) is 10.8 Å². The minimum atomic E-state index is -3.47. The molecule has 170 valence electrons. The Bertz CT molecular complexity index is 1350. The fourth-order valence-corrected chi connectivity index (χ4v) is 5.79. The lowest BCUT2D eigenvalue weighted by Crippen LogP contribution is -2.27. The van der Waals surface area contributed by atoms with Crippen LogP contribution in [0.2, 0.25) is 0 Å². The molecule has 0 saturated carbocycles. The normalized spacial score (nSPS) is 14.7. The summed E-state index contributed by atoms with van der Waals surface area (Å²) >= 11 is 1.39. The third-order valence-electron chi connectivity index (χ3n) is 5.35. The van der Waals surface area contributed by atoms with Gasteiger partial charge in [-0.05, 0) is 31.9 Å². The summed E-state index contributed by atoms with van der Waals surface area (Å²) in [7, 11) is -3.47. The van der Waals surface area contributed by atoms with Gasteiger partial charge < -0.3 is 8.94 Å². The molecule has 3 aromatic heterocycles. The first-order chi connectivity index (χ1) is 16.0. The summed E-state index contributed by atoms with van der Waals surface area (Å²) in [5.74, 6) is 1.74. The second-order valence-corrected chi connectivity index (χ2v) is 10.5. The Hall–Kier alpha value is -3.02. The molecule has 0 N–H and O–H groups in total. The highest BCUT2D eigenvalue weighted by Crippen LogP contribution is 2.34. The number of pyridine rings is 1. The third kappa shape index (κ3) is 4.43. The highest BCUT2D eigenvalue weighted by molar-refractivity contribution is 7.98. The monoisotopic (exact) mass is 483 g/mol. The van der Waals surface area contributed by atoms with Gasteiger partial charge in [0.25, 0.3) is 5.89 Å². The molecule has 11 heteroatoms. The molecule has 1 saturated heterocycles. The van der Waals surface area contributed by atoms with Gasteiger partial charge >= 0.3 is 0 Å². The molecule has 9 nitrogen and oxygen atoms in total. The topological polar surface area (TPSA) is 115 Å². The Morgan fingerprint density at radius 1 is 1.06 bits per heavy atom. The predicted octanol–water partition coefficient (Wildman–Crippen LogP) is 4.17. The molecule has 0 amide bonds. The Balaban J connectivity index is 1.29. The zero-order valence-electron chi connectivity index (χ0n) is 17.8. The molecule has 0 unspecified atom stereocenters. The van der Waals surface area contributed by atoms with Crippen molar-refractivity contribution in [1.82, 2.24) is 24.6 Å². The maximum atomic E-state index is 12.6. The van der Waals surface area contributed by atoms with Crippen molar-refractivity contribution < 1.29 is 17.4 Å². The van der Waals surface area contributed by atoms with Crippen LogP contribution in [-0.4, -0.2) is 46.2 Å². The van der Waals surface area contributed by atoms with Crippen LogP contribution >= 0.6 is 11.8 Å². The second-order valence-electron chi connectivity index (χ2n) is 7.56. The maximum Gasteiger partial charge on any atom is 0.253 e. The fourth-order valence-electron chi connectivity index (χ4n) is 3.65. The fraction of sp³-hybridized carbons (Fsp3) is 0.273. The molecule has 1 fully saturated rings. The van der Waals surface area contributed by atoms with E-state index in [1.807, 2.05) is 30.3 Å². The van der Waals surface area contributed by atoms with Gasteiger partial charge in [-0.25, -0.2) is 13.4 Å². The number of benzene rings is 1. The van der Waals surface area contributed by atoms with Crippen molar-refractivity contribution >= 4 is 21.8 Å². The first-order valence-electron chi connectivity index (χ1n) is 10.5. The summed E-state index contributed by atoms with van der Waals surface area (Å²) in [4.78, 5) is 4.51. The third-order valence-corrected chi connectivity index (χ3v) is 8.16. The van der Waals surface area contributed by atoms with Gasteiger partial charge in [-0.2, -0.15) is 4.31 Å². The number of nitrogens with zero attached hydrogens (tertiary/aromatic N) is 5. The Labute approximate surface area is 195 Å². The van der Waals surface area contributed by atoms with E-state index in [2.05, 4.69) is 20.3 Å².